The lowest BCUT2D eigenvalue weighted by atomic mass is 10.2. The molecule has 0 spiro atoms. The summed E-state index contributed by atoms with van der Waals surface area (Å²) in [5.74, 6) is -0.148. The Balaban J connectivity index is 2.38. The normalized spacial score (nSPS) is 16.0. The molecule has 1 aromatic carbocycles. The van der Waals surface area contributed by atoms with Crippen molar-refractivity contribution in [3.63, 3.8) is 0 Å². The number of nitrogens with zero attached hydrogens (tertiary/aromatic N) is 1. The second-order valence-corrected chi connectivity index (χ2v) is 6.57. The quantitative estimate of drug-likeness (QED) is 0.887. The smallest absolute Gasteiger partial charge is 0.253 e. The summed E-state index contributed by atoms with van der Waals surface area (Å²) in [5, 5.41) is 5.10. The molecule has 1 aromatic rings. The van der Waals surface area contributed by atoms with E-state index in [1.165, 1.54) is 12.1 Å². The molecule has 1 aliphatic heterocycles. The number of nitrogens with two attached hydrogens (primary N) is 1. The Morgan fingerprint density at radius 1 is 1.28 bits per heavy atom. The van der Waals surface area contributed by atoms with Gasteiger partial charge in [-0.1, -0.05) is 0 Å². The molecule has 0 unspecified atom stereocenters. The summed E-state index contributed by atoms with van der Waals surface area (Å²) in [4.78, 5) is 13.8. The monoisotopic (exact) mass is 332 g/mol. The number of carbonyl (C=O) groups excluding carboxylic acids is 1. The standard InChI is InChI=1S/C11H13BrN2O3S/c12-9-4-3-8(7-10(9)18(13,16)17)11(15)14-5-1-2-6-14/h3-4,7H,1-2,5-6H2,(H2,13,16,17). The van der Waals surface area contributed by atoms with Crippen molar-refractivity contribution in [2.45, 2.75) is 17.7 Å². The average molecular weight is 333 g/mol. The van der Waals surface area contributed by atoms with Gasteiger partial charge in [-0.05, 0) is 47.0 Å². The van der Waals surface area contributed by atoms with E-state index in [0.29, 0.717) is 10.0 Å². The number of hydrogen-bond donors (Lipinski definition) is 1. The molecule has 1 heterocycles. The van der Waals surface area contributed by atoms with Gasteiger partial charge in [-0.2, -0.15) is 0 Å². The van der Waals surface area contributed by atoms with E-state index in [1.807, 2.05) is 0 Å². The third kappa shape index (κ3) is 2.73. The second kappa shape index (κ2) is 4.99. The Morgan fingerprint density at radius 3 is 2.44 bits per heavy atom. The molecule has 2 N–H and O–H groups in total. The highest BCUT2D eigenvalue weighted by molar-refractivity contribution is 9.10. The zero-order chi connectivity index (χ0) is 13.3. The first-order valence-corrected chi connectivity index (χ1v) is 7.85. The van der Waals surface area contributed by atoms with E-state index in [-0.39, 0.29) is 10.8 Å². The van der Waals surface area contributed by atoms with Crippen LogP contribution in [0.25, 0.3) is 0 Å². The third-order valence-corrected chi connectivity index (χ3v) is 4.78. The lowest BCUT2D eigenvalue weighted by molar-refractivity contribution is 0.0792. The number of sulfonamides is 1. The predicted molar refractivity (Wildman–Crippen MR) is 70.7 cm³/mol. The third-order valence-electron chi connectivity index (χ3n) is 2.88. The highest BCUT2D eigenvalue weighted by Gasteiger charge is 2.22. The van der Waals surface area contributed by atoms with Crippen molar-refractivity contribution < 1.29 is 13.2 Å². The number of amides is 1. The molecule has 0 bridgehead atoms. The molecule has 0 atom stereocenters. The summed E-state index contributed by atoms with van der Waals surface area (Å²) in [6.07, 6.45) is 1.98. The highest BCUT2D eigenvalue weighted by Crippen LogP contribution is 2.23. The van der Waals surface area contributed by atoms with Crippen molar-refractivity contribution in [1.82, 2.24) is 4.90 Å². The van der Waals surface area contributed by atoms with Gasteiger partial charge in [0.1, 0.15) is 0 Å². The molecule has 98 valence electrons. The molecule has 5 nitrogen and oxygen atoms in total. The summed E-state index contributed by atoms with van der Waals surface area (Å²) in [7, 11) is -3.83. The Morgan fingerprint density at radius 2 is 1.89 bits per heavy atom. The molecular weight excluding hydrogens is 320 g/mol. The molecular formula is C11H13BrN2O3S. The Kier molecular flexibility index (Phi) is 3.74. The first-order valence-electron chi connectivity index (χ1n) is 5.51. The average Bonchev–Trinajstić information content (AvgIpc) is 2.80. The minimum atomic E-state index is -3.83. The summed E-state index contributed by atoms with van der Waals surface area (Å²) < 4.78 is 23.1. The fraction of sp³-hybridized carbons (Fsp3) is 0.364. The van der Waals surface area contributed by atoms with Gasteiger partial charge in [0, 0.05) is 23.1 Å². The van der Waals surface area contributed by atoms with Crippen molar-refractivity contribution >= 4 is 31.9 Å². The van der Waals surface area contributed by atoms with Gasteiger partial charge in [0.15, 0.2) is 0 Å². The number of carbonyl (C=O) groups is 1. The van der Waals surface area contributed by atoms with Gasteiger partial charge in [-0.3, -0.25) is 4.79 Å². The topological polar surface area (TPSA) is 80.5 Å². The maximum atomic E-state index is 12.1. The number of benzene rings is 1. The number of primary sulfonamides is 1. The summed E-state index contributed by atoms with van der Waals surface area (Å²) in [6.45, 7) is 1.44. The van der Waals surface area contributed by atoms with Gasteiger partial charge in [0.05, 0.1) is 4.90 Å². The van der Waals surface area contributed by atoms with Crippen LogP contribution in [0.1, 0.15) is 23.2 Å². The second-order valence-electron chi connectivity index (χ2n) is 4.19. The van der Waals surface area contributed by atoms with Crippen LogP contribution in [0.4, 0.5) is 0 Å². The van der Waals surface area contributed by atoms with Crippen LogP contribution in [0.15, 0.2) is 27.6 Å². The minimum absolute atomic E-state index is 0.0625. The maximum Gasteiger partial charge on any atom is 0.253 e. The predicted octanol–water partition coefficient (Wildman–Crippen LogP) is 1.33. The van der Waals surface area contributed by atoms with Gasteiger partial charge in [-0.15, -0.1) is 0 Å². The van der Waals surface area contributed by atoms with Crippen LogP contribution in [-0.4, -0.2) is 32.3 Å². The van der Waals surface area contributed by atoms with Gasteiger partial charge < -0.3 is 4.90 Å². The van der Waals surface area contributed by atoms with Crippen molar-refractivity contribution in [3.05, 3.63) is 28.2 Å². The molecule has 0 radical (unpaired) electrons. The number of likely N-dealkylation sites (tertiary alicyclic amines) is 1. The van der Waals surface area contributed by atoms with Crippen LogP contribution >= 0.6 is 15.9 Å². The molecule has 1 amide bonds. The number of hydrogen-bond acceptors (Lipinski definition) is 3. The first kappa shape index (κ1) is 13.5. The maximum absolute atomic E-state index is 12.1. The lowest BCUT2D eigenvalue weighted by Gasteiger charge is -2.15. The minimum Gasteiger partial charge on any atom is -0.339 e. The van der Waals surface area contributed by atoms with Gasteiger partial charge in [-0.25, -0.2) is 13.6 Å². The van der Waals surface area contributed by atoms with E-state index in [2.05, 4.69) is 15.9 Å². The Hall–Kier alpha value is -0.920. The van der Waals surface area contributed by atoms with Crippen molar-refractivity contribution in [2.24, 2.45) is 5.14 Å². The van der Waals surface area contributed by atoms with Gasteiger partial charge in [0.25, 0.3) is 5.91 Å². The summed E-state index contributed by atoms with van der Waals surface area (Å²) in [6, 6.07) is 4.45. The molecule has 1 aliphatic rings. The summed E-state index contributed by atoms with van der Waals surface area (Å²) in [5.41, 5.74) is 0.351. The largest absolute Gasteiger partial charge is 0.339 e. The van der Waals surface area contributed by atoms with Crippen LogP contribution in [0, 0.1) is 0 Å². The van der Waals surface area contributed by atoms with E-state index < -0.39 is 10.0 Å². The van der Waals surface area contributed by atoms with Gasteiger partial charge in [0.2, 0.25) is 10.0 Å². The van der Waals surface area contributed by atoms with Crippen molar-refractivity contribution in [1.29, 1.82) is 0 Å². The van der Waals surface area contributed by atoms with Crippen LogP contribution in [0.2, 0.25) is 0 Å². The first-order chi connectivity index (χ1) is 8.39. The fourth-order valence-electron chi connectivity index (χ4n) is 1.96. The zero-order valence-corrected chi connectivity index (χ0v) is 12.0. The van der Waals surface area contributed by atoms with Crippen LogP contribution < -0.4 is 5.14 Å². The molecule has 0 saturated carbocycles. The zero-order valence-electron chi connectivity index (χ0n) is 9.60. The Bertz CT molecular complexity index is 580. The molecule has 7 heteroatoms. The fourth-order valence-corrected chi connectivity index (χ4v) is 3.51. The van der Waals surface area contributed by atoms with Crippen LogP contribution in [-0.2, 0) is 10.0 Å². The van der Waals surface area contributed by atoms with E-state index in [9.17, 15) is 13.2 Å². The number of rotatable bonds is 2. The number of halogens is 1. The van der Waals surface area contributed by atoms with Crippen molar-refractivity contribution in [2.75, 3.05) is 13.1 Å². The molecule has 1 saturated heterocycles. The van der Waals surface area contributed by atoms with Crippen molar-refractivity contribution in [3.8, 4) is 0 Å². The molecule has 0 aliphatic carbocycles. The Labute approximate surface area is 114 Å². The van der Waals surface area contributed by atoms with E-state index in [4.69, 9.17) is 5.14 Å². The van der Waals surface area contributed by atoms with E-state index in [1.54, 1.807) is 11.0 Å². The van der Waals surface area contributed by atoms with Crippen LogP contribution in [0.3, 0.4) is 0 Å². The molecule has 18 heavy (non-hydrogen) atoms. The highest BCUT2D eigenvalue weighted by atomic mass is 79.9. The van der Waals surface area contributed by atoms with Crippen LogP contribution in [0.5, 0.6) is 0 Å². The van der Waals surface area contributed by atoms with Gasteiger partial charge >= 0.3 is 0 Å². The lowest BCUT2D eigenvalue weighted by Crippen LogP contribution is -2.28. The SMILES string of the molecule is NS(=O)(=O)c1cc(C(=O)N2CCCC2)ccc1Br. The summed E-state index contributed by atoms with van der Waals surface area (Å²) >= 11 is 3.11. The van der Waals surface area contributed by atoms with E-state index >= 15 is 0 Å². The molecule has 0 aromatic heterocycles. The van der Waals surface area contributed by atoms with E-state index in [0.717, 1.165) is 25.9 Å². The molecule has 1 fully saturated rings. The molecule has 2 rings (SSSR count).